The van der Waals surface area contributed by atoms with Crippen LogP contribution in [-0.4, -0.2) is 59.3 Å². The molecule has 0 aliphatic carbocycles. The number of carbonyl (C=O) groups excluding carboxylic acids is 1. The summed E-state index contributed by atoms with van der Waals surface area (Å²) in [6, 6.07) is 12.1. The van der Waals surface area contributed by atoms with E-state index in [1.54, 1.807) is 10.7 Å². The van der Waals surface area contributed by atoms with E-state index in [1.807, 2.05) is 29.3 Å². The Morgan fingerprint density at radius 3 is 2.37 bits per heavy atom. The van der Waals surface area contributed by atoms with Gasteiger partial charge in [-0.1, -0.05) is 6.92 Å². The molecular weight excluding hydrogens is 462 g/mol. The van der Waals surface area contributed by atoms with Gasteiger partial charge in [-0.15, -0.1) is 0 Å². The second-order valence-corrected chi connectivity index (χ2v) is 11.6. The molecule has 9 heteroatoms. The molecule has 2 saturated heterocycles. The van der Waals surface area contributed by atoms with Crippen molar-refractivity contribution in [3.8, 4) is 6.07 Å². The third-order valence-electron chi connectivity index (χ3n) is 7.39. The van der Waals surface area contributed by atoms with Crippen LogP contribution in [-0.2, 0) is 10.0 Å². The molecule has 1 amide bonds. The van der Waals surface area contributed by atoms with Gasteiger partial charge in [-0.05, 0) is 79.5 Å². The zero-order valence-electron chi connectivity index (χ0n) is 19.8. The molecule has 0 radical (unpaired) electrons. The first-order valence-corrected chi connectivity index (χ1v) is 13.6. The Balaban J connectivity index is 1.30. The van der Waals surface area contributed by atoms with Crippen LogP contribution in [0.2, 0.25) is 0 Å². The Morgan fingerprint density at radius 2 is 1.71 bits per heavy atom. The molecule has 5 rings (SSSR count). The number of nitrogens with zero attached hydrogens (tertiary/aromatic N) is 5. The summed E-state index contributed by atoms with van der Waals surface area (Å²) in [7, 11) is -3.59. The minimum atomic E-state index is -3.59. The van der Waals surface area contributed by atoms with Crippen molar-refractivity contribution in [1.82, 2.24) is 18.8 Å². The van der Waals surface area contributed by atoms with E-state index in [0.717, 1.165) is 37.0 Å². The zero-order valence-corrected chi connectivity index (χ0v) is 20.6. The topological polar surface area (TPSA) is 98.8 Å². The molecule has 182 valence electrons. The molecule has 2 aromatic heterocycles. The van der Waals surface area contributed by atoms with Gasteiger partial charge >= 0.3 is 0 Å². The highest BCUT2D eigenvalue weighted by molar-refractivity contribution is 7.89. The molecular formula is C26H29N5O3S. The van der Waals surface area contributed by atoms with Gasteiger partial charge in [0, 0.05) is 32.4 Å². The number of likely N-dealkylation sites (tertiary alicyclic amines) is 1. The fraction of sp³-hybridized carbons (Fsp3) is 0.423. The number of hydrogen-bond acceptors (Lipinski definition) is 5. The van der Waals surface area contributed by atoms with Crippen LogP contribution in [0.5, 0.6) is 0 Å². The molecule has 0 N–H and O–H groups in total. The number of benzene rings is 1. The predicted octanol–water partition coefficient (Wildman–Crippen LogP) is 3.65. The Labute approximate surface area is 205 Å². The van der Waals surface area contributed by atoms with Crippen LogP contribution in [0.4, 0.5) is 0 Å². The lowest BCUT2D eigenvalue weighted by molar-refractivity contribution is 0.0699. The van der Waals surface area contributed by atoms with Gasteiger partial charge in [0.15, 0.2) is 0 Å². The van der Waals surface area contributed by atoms with Gasteiger partial charge in [-0.3, -0.25) is 4.79 Å². The van der Waals surface area contributed by atoms with Crippen molar-refractivity contribution in [2.24, 2.45) is 5.92 Å². The number of hydrogen-bond donors (Lipinski definition) is 0. The lowest BCUT2D eigenvalue weighted by atomic mass is 9.90. The normalized spacial score (nSPS) is 18.6. The molecule has 4 heterocycles. The number of fused-ring (bicyclic) bond motifs is 1. The molecule has 0 unspecified atom stereocenters. The number of amides is 1. The summed E-state index contributed by atoms with van der Waals surface area (Å²) in [5.74, 6) is 0.898. The maximum Gasteiger partial charge on any atom is 0.257 e. The number of aromatic nitrogens is 2. The summed E-state index contributed by atoms with van der Waals surface area (Å²) in [5.41, 5.74) is 2.97. The van der Waals surface area contributed by atoms with Crippen molar-refractivity contribution in [3.63, 3.8) is 0 Å². The van der Waals surface area contributed by atoms with Crippen LogP contribution in [0.25, 0.3) is 5.52 Å². The lowest BCUT2D eigenvalue weighted by Crippen LogP contribution is -2.38. The second kappa shape index (κ2) is 9.44. The maximum absolute atomic E-state index is 13.2. The summed E-state index contributed by atoms with van der Waals surface area (Å²) >= 11 is 0. The zero-order chi connectivity index (χ0) is 24.6. The SMILES string of the molecule is CC1CCN(C(=O)c2cnn3ccc(C4CCN(S(=O)(=O)c5ccc(C#N)cc5)CC4)cc23)CC1. The van der Waals surface area contributed by atoms with Crippen LogP contribution in [0.3, 0.4) is 0 Å². The highest BCUT2D eigenvalue weighted by Crippen LogP contribution is 2.32. The molecule has 2 aliphatic heterocycles. The summed E-state index contributed by atoms with van der Waals surface area (Å²) < 4.78 is 29.4. The van der Waals surface area contributed by atoms with E-state index in [4.69, 9.17) is 5.26 Å². The first-order chi connectivity index (χ1) is 16.9. The van der Waals surface area contributed by atoms with Gasteiger partial charge < -0.3 is 4.90 Å². The van der Waals surface area contributed by atoms with Gasteiger partial charge in [0.1, 0.15) is 0 Å². The van der Waals surface area contributed by atoms with Crippen molar-refractivity contribution in [2.75, 3.05) is 26.2 Å². The van der Waals surface area contributed by atoms with E-state index in [1.165, 1.54) is 28.6 Å². The molecule has 2 fully saturated rings. The highest BCUT2D eigenvalue weighted by atomic mass is 32.2. The third kappa shape index (κ3) is 4.56. The van der Waals surface area contributed by atoms with Crippen molar-refractivity contribution in [3.05, 3.63) is 65.5 Å². The number of rotatable bonds is 4. The summed E-state index contributed by atoms with van der Waals surface area (Å²) in [5, 5.41) is 13.3. The van der Waals surface area contributed by atoms with E-state index in [0.29, 0.717) is 43.0 Å². The molecule has 0 saturated carbocycles. The molecule has 0 bridgehead atoms. The molecule has 3 aromatic rings. The van der Waals surface area contributed by atoms with Crippen molar-refractivity contribution >= 4 is 21.4 Å². The Hall–Kier alpha value is -3.22. The van der Waals surface area contributed by atoms with Gasteiger partial charge in [0.05, 0.1) is 33.8 Å². The monoisotopic (exact) mass is 491 g/mol. The first kappa shape index (κ1) is 23.5. The van der Waals surface area contributed by atoms with E-state index >= 15 is 0 Å². The van der Waals surface area contributed by atoms with Crippen LogP contribution in [0, 0.1) is 17.2 Å². The number of sulfonamides is 1. The molecule has 0 atom stereocenters. The van der Waals surface area contributed by atoms with E-state index in [9.17, 15) is 13.2 Å². The van der Waals surface area contributed by atoms with Crippen molar-refractivity contribution in [1.29, 1.82) is 5.26 Å². The standard InChI is InChI=1S/C26H29N5O3S/c1-19-6-11-29(12-7-19)26(32)24-18-28-31-15-10-22(16-25(24)31)21-8-13-30(14-9-21)35(33,34)23-4-2-20(17-27)3-5-23/h2-5,10,15-16,18-19,21H,6-9,11-14H2,1H3. The van der Waals surface area contributed by atoms with Crippen LogP contribution in [0.15, 0.2) is 53.7 Å². The average molecular weight is 492 g/mol. The Morgan fingerprint density at radius 1 is 1.03 bits per heavy atom. The third-order valence-corrected chi connectivity index (χ3v) is 9.31. The average Bonchev–Trinajstić information content (AvgIpc) is 3.32. The van der Waals surface area contributed by atoms with Gasteiger partial charge in [-0.25, -0.2) is 12.9 Å². The Kier molecular flexibility index (Phi) is 6.34. The summed E-state index contributed by atoms with van der Waals surface area (Å²) in [4.78, 5) is 15.3. The van der Waals surface area contributed by atoms with Crippen LogP contribution in [0.1, 0.15) is 60.0 Å². The van der Waals surface area contributed by atoms with Crippen LogP contribution >= 0.6 is 0 Å². The van der Waals surface area contributed by atoms with Crippen molar-refractivity contribution in [2.45, 2.75) is 43.4 Å². The minimum absolute atomic E-state index is 0.0346. The molecule has 35 heavy (non-hydrogen) atoms. The highest BCUT2D eigenvalue weighted by Gasteiger charge is 2.30. The lowest BCUT2D eigenvalue weighted by Gasteiger charge is -2.31. The van der Waals surface area contributed by atoms with Gasteiger partial charge in [-0.2, -0.15) is 14.7 Å². The smallest absolute Gasteiger partial charge is 0.257 e. The summed E-state index contributed by atoms with van der Waals surface area (Å²) in [6.45, 7) is 4.64. The number of piperidine rings is 2. The van der Waals surface area contributed by atoms with Crippen molar-refractivity contribution < 1.29 is 13.2 Å². The number of pyridine rings is 1. The molecule has 1 aromatic carbocycles. The minimum Gasteiger partial charge on any atom is -0.339 e. The van der Waals surface area contributed by atoms with Crippen LogP contribution < -0.4 is 0 Å². The molecule has 0 spiro atoms. The number of carbonyl (C=O) groups is 1. The second-order valence-electron chi connectivity index (χ2n) is 9.64. The van der Waals surface area contributed by atoms with E-state index in [2.05, 4.69) is 12.0 Å². The maximum atomic E-state index is 13.2. The molecule has 2 aliphatic rings. The fourth-order valence-corrected chi connectivity index (χ4v) is 6.55. The quantitative estimate of drug-likeness (QED) is 0.555. The van der Waals surface area contributed by atoms with E-state index < -0.39 is 10.0 Å². The van der Waals surface area contributed by atoms with Gasteiger partial charge in [0.25, 0.3) is 5.91 Å². The summed E-state index contributed by atoms with van der Waals surface area (Å²) in [6.07, 6.45) is 7.01. The molecule has 8 nitrogen and oxygen atoms in total. The van der Waals surface area contributed by atoms with Gasteiger partial charge in [0.2, 0.25) is 10.0 Å². The largest absolute Gasteiger partial charge is 0.339 e. The Bertz CT molecular complexity index is 1370. The fourth-order valence-electron chi connectivity index (χ4n) is 5.08. The predicted molar refractivity (Wildman–Crippen MR) is 131 cm³/mol. The number of nitriles is 1. The first-order valence-electron chi connectivity index (χ1n) is 12.1. The van der Waals surface area contributed by atoms with E-state index in [-0.39, 0.29) is 16.7 Å².